The fourth-order valence-electron chi connectivity index (χ4n) is 1.33. The standard InChI is InChI=1S/C11H12Cl2O3/c1-11(16,5-4-10(14)15)7-2-3-8(12)9(13)6-7/h2-3,6,16H,4-5H2,1H3,(H,14,15). The lowest BCUT2D eigenvalue weighted by molar-refractivity contribution is -0.138. The van der Waals surface area contributed by atoms with E-state index in [9.17, 15) is 9.90 Å². The average molecular weight is 263 g/mol. The second-order valence-electron chi connectivity index (χ2n) is 3.80. The zero-order valence-electron chi connectivity index (χ0n) is 8.70. The first-order chi connectivity index (χ1) is 7.33. The highest BCUT2D eigenvalue weighted by atomic mass is 35.5. The van der Waals surface area contributed by atoms with Crippen molar-refractivity contribution < 1.29 is 15.0 Å². The summed E-state index contributed by atoms with van der Waals surface area (Å²) in [5, 5.41) is 19.4. The topological polar surface area (TPSA) is 57.5 Å². The highest BCUT2D eigenvalue weighted by Gasteiger charge is 2.24. The Kier molecular flexibility index (Phi) is 4.19. The Morgan fingerprint density at radius 2 is 2.00 bits per heavy atom. The van der Waals surface area contributed by atoms with Crippen molar-refractivity contribution in [2.45, 2.75) is 25.4 Å². The maximum absolute atomic E-state index is 10.4. The van der Waals surface area contributed by atoms with Gasteiger partial charge in [0.1, 0.15) is 0 Å². The van der Waals surface area contributed by atoms with Gasteiger partial charge in [-0.05, 0) is 31.0 Å². The van der Waals surface area contributed by atoms with E-state index >= 15 is 0 Å². The molecule has 88 valence electrons. The van der Waals surface area contributed by atoms with E-state index in [-0.39, 0.29) is 12.8 Å². The second-order valence-corrected chi connectivity index (χ2v) is 4.61. The van der Waals surface area contributed by atoms with Crippen molar-refractivity contribution >= 4 is 29.2 Å². The third kappa shape index (κ3) is 3.37. The Morgan fingerprint density at radius 3 is 2.50 bits per heavy atom. The van der Waals surface area contributed by atoms with E-state index < -0.39 is 11.6 Å². The molecule has 0 aromatic heterocycles. The summed E-state index contributed by atoms with van der Waals surface area (Å²) >= 11 is 11.6. The molecule has 0 aliphatic rings. The largest absolute Gasteiger partial charge is 0.481 e. The van der Waals surface area contributed by atoms with E-state index in [0.717, 1.165) is 0 Å². The summed E-state index contributed by atoms with van der Waals surface area (Å²) in [6.07, 6.45) is 0.0214. The number of rotatable bonds is 4. The predicted molar refractivity (Wildman–Crippen MR) is 62.9 cm³/mol. The maximum Gasteiger partial charge on any atom is 0.303 e. The minimum Gasteiger partial charge on any atom is -0.481 e. The van der Waals surface area contributed by atoms with Crippen molar-refractivity contribution in [2.75, 3.05) is 0 Å². The van der Waals surface area contributed by atoms with Gasteiger partial charge in [-0.1, -0.05) is 29.3 Å². The number of carboxylic acids is 1. The van der Waals surface area contributed by atoms with Crippen LogP contribution < -0.4 is 0 Å². The number of hydrogen-bond acceptors (Lipinski definition) is 2. The highest BCUT2D eigenvalue weighted by Crippen LogP contribution is 2.31. The van der Waals surface area contributed by atoms with Gasteiger partial charge in [0, 0.05) is 6.42 Å². The lowest BCUT2D eigenvalue weighted by Gasteiger charge is -2.23. The number of carboxylic acid groups (broad SMARTS) is 1. The molecule has 3 nitrogen and oxygen atoms in total. The smallest absolute Gasteiger partial charge is 0.303 e. The number of halogens is 2. The average Bonchev–Trinajstić information content (AvgIpc) is 2.19. The van der Waals surface area contributed by atoms with Crippen LogP contribution in [0.3, 0.4) is 0 Å². The van der Waals surface area contributed by atoms with E-state index in [0.29, 0.717) is 15.6 Å². The molecule has 0 saturated carbocycles. The summed E-state index contributed by atoms with van der Waals surface area (Å²) in [6.45, 7) is 1.55. The molecular weight excluding hydrogens is 251 g/mol. The van der Waals surface area contributed by atoms with Crippen LogP contribution in [-0.4, -0.2) is 16.2 Å². The first-order valence-electron chi connectivity index (χ1n) is 4.72. The summed E-state index contributed by atoms with van der Waals surface area (Å²) in [5.74, 6) is -0.944. The Balaban J connectivity index is 2.88. The van der Waals surface area contributed by atoms with E-state index in [1.807, 2.05) is 0 Å². The summed E-state index contributed by atoms with van der Waals surface area (Å²) in [5.41, 5.74) is -0.657. The first-order valence-corrected chi connectivity index (χ1v) is 5.48. The summed E-state index contributed by atoms with van der Waals surface area (Å²) in [6, 6.07) is 4.76. The summed E-state index contributed by atoms with van der Waals surface area (Å²) in [4.78, 5) is 10.4. The van der Waals surface area contributed by atoms with Crippen LogP contribution in [0.5, 0.6) is 0 Å². The Labute approximate surface area is 104 Å². The molecule has 0 heterocycles. The number of hydrogen-bond donors (Lipinski definition) is 2. The molecule has 0 fully saturated rings. The Morgan fingerprint density at radius 1 is 1.38 bits per heavy atom. The van der Waals surface area contributed by atoms with Gasteiger partial charge < -0.3 is 10.2 Å². The Bertz CT molecular complexity index is 402. The normalized spacial score (nSPS) is 14.5. The van der Waals surface area contributed by atoms with E-state index in [1.165, 1.54) is 0 Å². The van der Waals surface area contributed by atoms with E-state index in [2.05, 4.69) is 0 Å². The van der Waals surface area contributed by atoms with Gasteiger partial charge in [0.05, 0.1) is 15.6 Å². The van der Waals surface area contributed by atoms with Crippen molar-refractivity contribution in [3.05, 3.63) is 33.8 Å². The molecule has 0 saturated heterocycles. The molecule has 1 aromatic carbocycles. The van der Waals surface area contributed by atoms with Gasteiger partial charge in [-0.15, -0.1) is 0 Å². The number of aliphatic carboxylic acids is 1. The molecule has 5 heteroatoms. The molecule has 16 heavy (non-hydrogen) atoms. The summed E-state index contributed by atoms with van der Waals surface area (Å²) < 4.78 is 0. The van der Waals surface area contributed by atoms with E-state index in [1.54, 1.807) is 25.1 Å². The molecule has 0 radical (unpaired) electrons. The Hall–Kier alpha value is -0.770. The molecule has 1 aromatic rings. The molecule has 0 amide bonds. The highest BCUT2D eigenvalue weighted by molar-refractivity contribution is 6.42. The molecule has 0 aliphatic carbocycles. The van der Waals surface area contributed by atoms with E-state index in [4.69, 9.17) is 28.3 Å². The first kappa shape index (κ1) is 13.3. The predicted octanol–water partition coefficient (Wildman–Crippen LogP) is 3.07. The fourth-order valence-corrected chi connectivity index (χ4v) is 1.62. The van der Waals surface area contributed by atoms with Gasteiger partial charge in [0.15, 0.2) is 0 Å². The molecule has 1 rings (SSSR count). The van der Waals surface area contributed by atoms with Crippen LogP contribution in [0.2, 0.25) is 10.0 Å². The number of benzene rings is 1. The van der Waals surface area contributed by atoms with Crippen LogP contribution >= 0.6 is 23.2 Å². The zero-order valence-corrected chi connectivity index (χ0v) is 10.2. The third-order valence-corrected chi connectivity index (χ3v) is 3.11. The van der Waals surface area contributed by atoms with Crippen molar-refractivity contribution in [3.63, 3.8) is 0 Å². The quantitative estimate of drug-likeness (QED) is 0.877. The molecule has 1 unspecified atom stereocenters. The molecular formula is C11H12Cl2O3. The molecule has 0 aliphatic heterocycles. The van der Waals surface area contributed by atoms with Gasteiger partial charge in [0.2, 0.25) is 0 Å². The van der Waals surface area contributed by atoms with Crippen molar-refractivity contribution in [2.24, 2.45) is 0 Å². The van der Waals surface area contributed by atoms with Crippen LogP contribution in [0.1, 0.15) is 25.3 Å². The van der Waals surface area contributed by atoms with Crippen molar-refractivity contribution in [1.82, 2.24) is 0 Å². The van der Waals surface area contributed by atoms with Gasteiger partial charge >= 0.3 is 5.97 Å². The van der Waals surface area contributed by atoms with Gasteiger partial charge in [-0.3, -0.25) is 4.79 Å². The molecule has 1 atom stereocenters. The lowest BCUT2D eigenvalue weighted by Crippen LogP contribution is -2.22. The summed E-state index contributed by atoms with van der Waals surface area (Å²) in [7, 11) is 0. The molecule has 0 bridgehead atoms. The van der Waals surface area contributed by atoms with Crippen LogP contribution in [0.4, 0.5) is 0 Å². The lowest BCUT2D eigenvalue weighted by atomic mass is 9.91. The molecule has 2 N–H and O–H groups in total. The monoisotopic (exact) mass is 262 g/mol. The molecule has 0 spiro atoms. The number of aliphatic hydroxyl groups is 1. The van der Waals surface area contributed by atoms with Crippen LogP contribution in [-0.2, 0) is 10.4 Å². The van der Waals surface area contributed by atoms with Crippen LogP contribution in [0, 0.1) is 0 Å². The van der Waals surface area contributed by atoms with Crippen LogP contribution in [0.15, 0.2) is 18.2 Å². The van der Waals surface area contributed by atoms with Crippen LogP contribution in [0.25, 0.3) is 0 Å². The minimum atomic E-state index is -1.22. The van der Waals surface area contributed by atoms with Gasteiger partial charge in [-0.2, -0.15) is 0 Å². The minimum absolute atomic E-state index is 0.104. The van der Waals surface area contributed by atoms with Gasteiger partial charge in [-0.25, -0.2) is 0 Å². The third-order valence-electron chi connectivity index (χ3n) is 2.37. The second kappa shape index (κ2) is 5.04. The maximum atomic E-state index is 10.4. The van der Waals surface area contributed by atoms with Gasteiger partial charge in [0.25, 0.3) is 0 Å². The van der Waals surface area contributed by atoms with Crippen molar-refractivity contribution in [1.29, 1.82) is 0 Å². The number of carbonyl (C=O) groups is 1. The van der Waals surface area contributed by atoms with Crippen molar-refractivity contribution in [3.8, 4) is 0 Å². The SMILES string of the molecule is CC(O)(CCC(=O)O)c1ccc(Cl)c(Cl)c1. The zero-order chi connectivity index (χ0) is 12.3. The fraction of sp³-hybridized carbons (Fsp3) is 0.364.